The van der Waals surface area contributed by atoms with E-state index >= 15 is 0 Å². The second-order valence-corrected chi connectivity index (χ2v) is 4.76. The standard InChI is InChI=1S/C13H10Cl2N2O2/c1-7(18)10-4-5-12(16-10)13(19)17-11-3-2-8(14)6-9(11)15/h2-6,16H,1H3,(H,17,19). The Balaban J connectivity index is 2.18. The van der Waals surface area contributed by atoms with Crippen molar-refractivity contribution in [2.45, 2.75) is 6.92 Å². The Bertz CT molecular complexity index is 650. The third-order valence-corrected chi connectivity index (χ3v) is 3.04. The molecular weight excluding hydrogens is 287 g/mol. The zero-order chi connectivity index (χ0) is 14.0. The van der Waals surface area contributed by atoms with Gasteiger partial charge in [-0.3, -0.25) is 9.59 Å². The minimum atomic E-state index is -0.378. The average molecular weight is 297 g/mol. The van der Waals surface area contributed by atoms with Crippen molar-refractivity contribution in [2.24, 2.45) is 0 Å². The zero-order valence-electron chi connectivity index (χ0n) is 9.96. The number of aromatic nitrogens is 1. The topological polar surface area (TPSA) is 62.0 Å². The van der Waals surface area contributed by atoms with Crippen LogP contribution in [0, 0.1) is 0 Å². The van der Waals surface area contributed by atoms with E-state index in [1.54, 1.807) is 18.2 Å². The molecule has 1 amide bonds. The molecule has 1 heterocycles. The fourth-order valence-electron chi connectivity index (χ4n) is 1.51. The summed E-state index contributed by atoms with van der Waals surface area (Å²) >= 11 is 11.7. The monoisotopic (exact) mass is 296 g/mol. The largest absolute Gasteiger partial charge is 0.348 e. The number of H-pyrrole nitrogens is 1. The van der Waals surface area contributed by atoms with Gasteiger partial charge in [0, 0.05) is 11.9 Å². The predicted molar refractivity (Wildman–Crippen MR) is 75.2 cm³/mol. The fourth-order valence-corrected chi connectivity index (χ4v) is 1.97. The van der Waals surface area contributed by atoms with Crippen LogP contribution in [0.4, 0.5) is 5.69 Å². The molecule has 0 radical (unpaired) electrons. The maximum Gasteiger partial charge on any atom is 0.272 e. The highest BCUT2D eigenvalue weighted by molar-refractivity contribution is 6.36. The highest BCUT2D eigenvalue weighted by Crippen LogP contribution is 2.25. The molecule has 0 saturated heterocycles. The van der Waals surface area contributed by atoms with Gasteiger partial charge in [-0.1, -0.05) is 23.2 Å². The Kier molecular flexibility index (Phi) is 3.93. The zero-order valence-corrected chi connectivity index (χ0v) is 11.5. The number of amides is 1. The fraction of sp³-hybridized carbons (Fsp3) is 0.0769. The van der Waals surface area contributed by atoms with Crippen LogP contribution in [0.25, 0.3) is 0 Å². The first-order chi connectivity index (χ1) is 8.97. The minimum absolute atomic E-state index is 0.136. The van der Waals surface area contributed by atoms with Gasteiger partial charge in [0.25, 0.3) is 5.91 Å². The molecule has 6 heteroatoms. The molecule has 0 fully saturated rings. The molecule has 0 aliphatic carbocycles. The summed E-state index contributed by atoms with van der Waals surface area (Å²) in [7, 11) is 0. The molecule has 2 aromatic rings. The van der Waals surface area contributed by atoms with Crippen molar-refractivity contribution in [3.63, 3.8) is 0 Å². The molecule has 2 N–H and O–H groups in total. The molecule has 19 heavy (non-hydrogen) atoms. The van der Waals surface area contributed by atoms with Crippen molar-refractivity contribution < 1.29 is 9.59 Å². The van der Waals surface area contributed by atoms with Crippen LogP contribution in [-0.2, 0) is 0 Å². The normalized spacial score (nSPS) is 10.3. The van der Waals surface area contributed by atoms with E-state index in [9.17, 15) is 9.59 Å². The van der Waals surface area contributed by atoms with E-state index in [0.717, 1.165) is 0 Å². The number of Topliss-reactive ketones (excluding diaryl/α,β-unsaturated/α-hetero) is 1. The smallest absolute Gasteiger partial charge is 0.272 e. The number of anilines is 1. The van der Waals surface area contributed by atoms with Crippen LogP contribution < -0.4 is 5.32 Å². The molecule has 0 unspecified atom stereocenters. The van der Waals surface area contributed by atoms with Crippen molar-refractivity contribution in [3.8, 4) is 0 Å². The van der Waals surface area contributed by atoms with Crippen LogP contribution in [0.2, 0.25) is 10.0 Å². The number of hydrogen-bond donors (Lipinski definition) is 2. The van der Waals surface area contributed by atoms with E-state index in [-0.39, 0.29) is 17.4 Å². The van der Waals surface area contributed by atoms with Crippen LogP contribution in [0.5, 0.6) is 0 Å². The highest BCUT2D eigenvalue weighted by atomic mass is 35.5. The molecule has 1 aromatic heterocycles. The van der Waals surface area contributed by atoms with Gasteiger partial charge in [-0.05, 0) is 30.3 Å². The molecule has 98 valence electrons. The molecule has 4 nitrogen and oxygen atoms in total. The van der Waals surface area contributed by atoms with Gasteiger partial charge in [-0.15, -0.1) is 0 Å². The van der Waals surface area contributed by atoms with Gasteiger partial charge in [0.05, 0.1) is 16.4 Å². The summed E-state index contributed by atoms with van der Waals surface area (Å²) in [6.45, 7) is 1.42. The number of benzene rings is 1. The van der Waals surface area contributed by atoms with Gasteiger partial charge in [-0.2, -0.15) is 0 Å². The van der Waals surface area contributed by atoms with Crippen LogP contribution in [0.1, 0.15) is 27.9 Å². The van der Waals surface area contributed by atoms with Gasteiger partial charge >= 0.3 is 0 Å². The van der Waals surface area contributed by atoms with Crippen LogP contribution in [-0.4, -0.2) is 16.7 Å². The molecule has 0 spiro atoms. The maximum absolute atomic E-state index is 11.9. The lowest BCUT2D eigenvalue weighted by Crippen LogP contribution is -2.13. The van der Waals surface area contributed by atoms with E-state index in [1.165, 1.54) is 19.1 Å². The van der Waals surface area contributed by atoms with E-state index in [0.29, 0.717) is 21.4 Å². The van der Waals surface area contributed by atoms with Crippen LogP contribution >= 0.6 is 23.2 Å². The lowest BCUT2D eigenvalue weighted by Gasteiger charge is -2.06. The van der Waals surface area contributed by atoms with E-state index in [4.69, 9.17) is 23.2 Å². The summed E-state index contributed by atoms with van der Waals surface area (Å²) < 4.78 is 0. The summed E-state index contributed by atoms with van der Waals surface area (Å²) in [5.41, 5.74) is 1.12. The van der Waals surface area contributed by atoms with Crippen molar-refractivity contribution in [1.82, 2.24) is 4.98 Å². The second-order valence-electron chi connectivity index (χ2n) is 3.92. The number of hydrogen-bond acceptors (Lipinski definition) is 2. The van der Waals surface area contributed by atoms with Crippen LogP contribution in [0.15, 0.2) is 30.3 Å². The first-order valence-electron chi connectivity index (χ1n) is 5.43. The minimum Gasteiger partial charge on any atom is -0.348 e. The Morgan fingerprint density at radius 1 is 1.11 bits per heavy atom. The van der Waals surface area contributed by atoms with Gasteiger partial charge < -0.3 is 10.3 Å². The van der Waals surface area contributed by atoms with E-state index in [2.05, 4.69) is 10.3 Å². The number of halogens is 2. The van der Waals surface area contributed by atoms with Crippen molar-refractivity contribution >= 4 is 40.6 Å². The molecule has 0 saturated carbocycles. The quantitative estimate of drug-likeness (QED) is 0.847. The molecule has 0 atom stereocenters. The Morgan fingerprint density at radius 3 is 2.37 bits per heavy atom. The van der Waals surface area contributed by atoms with Crippen molar-refractivity contribution in [2.75, 3.05) is 5.32 Å². The van der Waals surface area contributed by atoms with Crippen LogP contribution in [0.3, 0.4) is 0 Å². The van der Waals surface area contributed by atoms with Crippen molar-refractivity contribution in [3.05, 3.63) is 51.8 Å². The summed E-state index contributed by atoms with van der Waals surface area (Å²) in [6, 6.07) is 7.86. The third-order valence-electron chi connectivity index (χ3n) is 2.49. The van der Waals surface area contributed by atoms with Gasteiger partial charge in [0.15, 0.2) is 5.78 Å². The van der Waals surface area contributed by atoms with Crippen molar-refractivity contribution in [1.29, 1.82) is 0 Å². The summed E-state index contributed by atoms with van der Waals surface area (Å²) in [4.78, 5) is 25.8. The summed E-state index contributed by atoms with van der Waals surface area (Å²) in [5.74, 6) is -0.514. The number of aromatic amines is 1. The molecule has 0 bridgehead atoms. The maximum atomic E-state index is 11.9. The number of rotatable bonds is 3. The molecular formula is C13H10Cl2N2O2. The first kappa shape index (κ1) is 13.6. The number of carbonyl (C=O) groups is 2. The summed E-state index contributed by atoms with van der Waals surface area (Å²) in [6.07, 6.45) is 0. The van der Waals surface area contributed by atoms with Gasteiger partial charge in [-0.25, -0.2) is 0 Å². The molecule has 0 aliphatic heterocycles. The number of ketones is 1. The lowest BCUT2D eigenvalue weighted by molar-refractivity contribution is 0.101. The molecule has 1 aromatic carbocycles. The second kappa shape index (κ2) is 5.47. The molecule has 2 rings (SSSR count). The Morgan fingerprint density at radius 2 is 1.79 bits per heavy atom. The summed E-state index contributed by atoms with van der Waals surface area (Å²) in [5, 5.41) is 3.47. The van der Waals surface area contributed by atoms with E-state index < -0.39 is 0 Å². The first-order valence-corrected chi connectivity index (χ1v) is 6.19. The average Bonchev–Trinajstić information content (AvgIpc) is 2.82. The molecule has 0 aliphatic rings. The Hall–Kier alpha value is -1.78. The predicted octanol–water partition coefficient (Wildman–Crippen LogP) is 3.78. The van der Waals surface area contributed by atoms with Gasteiger partial charge in [0.2, 0.25) is 0 Å². The number of carbonyl (C=O) groups excluding carboxylic acids is 2. The lowest BCUT2D eigenvalue weighted by atomic mass is 10.3. The van der Waals surface area contributed by atoms with E-state index in [1.807, 2.05) is 0 Å². The highest BCUT2D eigenvalue weighted by Gasteiger charge is 2.12. The Labute approximate surface area is 119 Å². The van der Waals surface area contributed by atoms with Gasteiger partial charge in [0.1, 0.15) is 5.69 Å². The third kappa shape index (κ3) is 3.16. The SMILES string of the molecule is CC(=O)c1ccc(C(=O)Nc2ccc(Cl)cc2Cl)[nH]1. The number of nitrogens with one attached hydrogen (secondary N) is 2.